The maximum absolute atomic E-state index is 12.2. The van der Waals surface area contributed by atoms with Gasteiger partial charge in [-0.1, -0.05) is 11.2 Å². The standard InChI is InChI=1S/C16H18N4O2S/c1-10-7-11(2)20(18-10)14(15-5-4-6-23-15)9-17-16(21)13-8-12(3)22-19-13/h4-8,14H,9H2,1-3H3,(H,17,21)/t14-/m1/s1. The minimum Gasteiger partial charge on any atom is -0.361 e. The van der Waals surface area contributed by atoms with Crippen molar-refractivity contribution in [1.29, 1.82) is 0 Å². The summed E-state index contributed by atoms with van der Waals surface area (Å²) in [6, 6.07) is 7.67. The van der Waals surface area contributed by atoms with E-state index in [0.717, 1.165) is 16.3 Å². The van der Waals surface area contributed by atoms with E-state index < -0.39 is 0 Å². The summed E-state index contributed by atoms with van der Waals surface area (Å²) in [7, 11) is 0. The van der Waals surface area contributed by atoms with Crippen molar-refractivity contribution in [1.82, 2.24) is 20.3 Å². The molecule has 0 aliphatic carbocycles. The first-order valence-corrected chi connectivity index (χ1v) is 8.20. The van der Waals surface area contributed by atoms with Crippen LogP contribution in [0, 0.1) is 20.8 Å². The van der Waals surface area contributed by atoms with Crippen LogP contribution in [-0.2, 0) is 0 Å². The van der Waals surface area contributed by atoms with Crippen molar-refractivity contribution in [3.63, 3.8) is 0 Å². The Kier molecular flexibility index (Phi) is 4.29. The van der Waals surface area contributed by atoms with E-state index in [1.807, 2.05) is 36.0 Å². The van der Waals surface area contributed by atoms with Gasteiger partial charge in [-0.2, -0.15) is 5.10 Å². The Balaban J connectivity index is 1.80. The minimum atomic E-state index is -0.245. The van der Waals surface area contributed by atoms with Gasteiger partial charge in [-0.15, -0.1) is 11.3 Å². The number of nitrogens with one attached hydrogen (secondary N) is 1. The van der Waals surface area contributed by atoms with E-state index >= 15 is 0 Å². The van der Waals surface area contributed by atoms with Gasteiger partial charge in [0.2, 0.25) is 0 Å². The smallest absolute Gasteiger partial charge is 0.273 e. The van der Waals surface area contributed by atoms with Crippen LogP contribution in [0.5, 0.6) is 0 Å². The van der Waals surface area contributed by atoms with Crippen LogP contribution in [0.2, 0.25) is 0 Å². The molecule has 6 nitrogen and oxygen atoms in total. The van der Waals surface area contributed by atoms with Crippen molar-refractivity contribution in [3.8, 4) is 0 Å². The predicted molar refractivity (Wildman–Crippen MR) is 87.7 cm³/mol. The molecule has 0 saturated carbocycles. The van der Waals surface area contributed by atoms with Crippen LogP contribution in [0.25, 0.3) is 0 Å². The van der Waals surface area contributed by atoms with Gasteiger partial charge in [0.1, 0.15) is 11.8 Å². The summed E-state index contributed by atoms with van der Waals surface area (Å²) < 4.78 is 6.90. The molecule has 1 amide bonds. The van der Waals surface area contributed by atoms with Crippen LogP contribution in [0.3, 0.4) is 0 Å². The largest absolute Gasteiger partial charge is 0.361 e. The van der Waals surface area contributed by atoms with Gasteiger partial charge in [0.05, 0.1) is 5.69 Å². The van der Waals surface area contributed by atoms with Crippen molar-refractivity contribution in [2.45, 2.75) is 26.8 Å². The van der Waals surface area contributed by atoms with Gasteiger partial charge in [-0.05, 0) is 38.3 Å². The number of amides is 1. The van der Waals surface area contributed by atoms with Crippen molar-refractivity contribution in [2.75, 3.05) is 6.54 Å². The number of thiophene rings is 1. The first-order chi connectivity index (χ1) is 11.0. The highest BCUT2D eigenvalue weighted by atomic mass is 32.1. The van der Waals surface area contributed by atoms with Crippen LogP contribution < -0.4 is 5.32 Å². The average Bonchev–Trinajstić information content (AvgIpc) is 3.22. The monoisotopic (exact) mass is 330 g/mol. The molecule has 3 heterocycles. The first-order valence-electron chi connectivity index (χ1n) is 7.32. The van der Waals surface area contributed by atoms with Crippen molar-refractivity contribution >= 4 is 17.2 Å². The van der Waals surface area contributed by atoms with Gasteiger partial charge >= 0.3 is 0 Å². The minimum absolute atomic E-state index is 0.0411. The zero-order chi connectivity index (χ0) is 16.4. The summed E-state index contributed by atoms with van der Waals surface area (Å²) in [4.78, 5) is 13.3. The molecule has 23 heavy (non-hydrogen) atoms. The van der Waals surface area contributed by atoms with Gasteiger partial charge in [0.25, 0.3) is 5.91 Å². The van der Waals surface area contributed by atoms with E-state index in [1.165, 1.54) is 0 Å². The number of carbonyl (C=O) groups excluding carboxylic acids is 1. The topological polar surface area (TPSA) is 73.0 Å². The normalized spacial score (nSPS) is 12.3. The molecule has 0 bridgehead atoms. The SMILES string of the molecule is Cc1cc(C)n([C@H](CNC(=O)c2cc(C)on2)c2cccs2)n1. The maximum atomic E-state index is 12.2. The summed E-state index contributed by atoms with van der Waals surface area (Å²) in [5, 5.41) is 13.2. The van der Waals surface area contributed by atoms with E-state index in [-0.39, 0.29) is 11.9 Å². The predicted octanol–water partition coefficient (Wildman–Crippen LogP) is 2.88. The second-order valence-corrected chi connectivity index (χ2v) is 6.41. The number of nitrogens with zero attached hydrogens (tertiary/aromatic N) is 3. The molecule has 120 valence electrons. The van der Waals surface area contributed by atoms with Crippen LogP contribution in [0.1, 0.15) is 38.6 Å². The Bertz CT molecular complexity index is 804. The summed E-state index contributed by atoms with van der Waals surface area (Å²) in [6.45, 7) is 6.18. The molecular formula is C16H18N4O2S. The molecule has 7 heteroatoms. The molecule has 0 aliphatic rings. The lowest BCUT2D eigenvalue weighted by molar-refractivity contribution is 0.0940. The van der Waals surface area contributed by atoms with Crippen LogP contribution in [0.15, 0.2) is 34.2 Å². The molecule has 1 N–H and O–H groups in total. The van der Waals surface area contributed by atoms with E-state index in [9.17, 15) is 4.79 Å². The third-order valence-electron chi connectivity index (χ3n) is 3.53. The molecule has 0 spiro atoms. The highest BCUT2D eigenvalue weighted by Gasteiger charge is 2.20. The van der Waals surface area contributed by atoms with Crippen LogP contribution in [-0.4, -0.2) is 27.4 Å². The van der Waals surface area contributed by atoms with E-state index in [2.05, 4.69) is 21.6 Å². The lowest BCUT2D eigenvalue weighted by atomic mass is 10.2. The summed E-state index contributed by atoms with van der Waals surface area (Å²) >= 11 is 1.65. The highest BCUT2D eigenvalue weighted by Crippen LogP contribution is 2.24. The van der Waals surface area contributed by atoms with E-state index in [1.54, 1.807) is 24.3 Å². The van der Waals surface area contributed by atoms with Crippen LogP contribution in [0.4, 0.5) is 0 Å². The lowest BCUT2D eigenvalue weighted by Gasteiger charge is -2.18. The van der Waals surface area contributed by atoms with Crippen molar-refractivity contribution in [2.24, 2.45) is 0 Å². The van der Waals surface area contributed by atoms with E-state index in [4.69, 9.17) is 4.52 Å². The van der Waals surface area contributed by atoms with Crippen molar-refractivity contribution in [3.05, 3.63) is 57.4 Å². The molecule has 0 unspecified atom stereocenters. The average molecular weight is 330 g/mol. The first kappa shape index (κ1) is 15.5. The third-order valence-corrected chi connectivity index (χ3v) is 4.50. The molecule has 0 saturated heterocycles. The Hall–Kier alpha value is -2.41. The van der Waals surface area contributed by atoms with Crippen molar-refractivity contribution < 1.29 is 9.32 Å². The Morgan fingerprint density at radius 2 is 2.22 bits per heavy atom. The second kappa shape index (κ2) is 6.37. The number of hydrogen-bond acceptors (Lipinski definition) is 5. The van der Waals surface area contributed by atoms with Crippen LogP contribution >= 0.6 is 11.3 Å². The Morgan fingerprint density at radius 1 is 1.39 bits per heavy atom. The number of rotatable bonds is 5. The summed E-state index contributed by atoms with van der Waals surface area (Å²) in [5.74, 6) is 0.369. The fourth-order valence-electron chi connectivity index (χ4n) is 2.50. The molecule has 0 fully saturated rings. The highest BCUT2D eigenvalue weighted by molar-refractivity contribution is 7.10. The number of aryl methyl sites for hydroxylation is 3. The zero-order valence-electron chi connectivity index (χ0n) is 13.2. The van der Waals surface area contributed by atoms with E-state index in [0.29, 0.717) is 18.0 Å². The fraction of sp³-hybridized carbons (Fsp3) is 0.312. The third kappa shape index (κ3) is 3.34. The summed E-state index contributed by atoms with van der Waals surface area (Å²) in [6.07, 6.45) is 0. The van der Waals surface area contributed by atoms with Gasteiger partial charge in [-0.25, -0.2) is 0 Å². The molecule has 3 rings (SSSR count). The molecule has 0 aromatic carbocycles. The Morgan fingerprint density at radius 3 is 2.78 bits per heavy atom. The molecule has 1 atom stereocenters. The number of aromatic nitrogens is 3. The molecular weight excluding hydrogens is 312 g/mol. The Labute approximate surface area is 138 Å². The van der Waals surface area contributed by atoms with Gasteiger partial charge < -0.3 is 9.84 Å². The number of hydrogen-bond donors (Lipinski definition) is 1. The van der Waals surface area contributed by atoms with Gasteiger partial charge in [-0.3, -0.25) is 9.48 Å². The lowest BCUT2D eigenvalue weighted by Crippen LogP contribution is -2.32. The maximum Gasteiger partial charge on any atom is 0.273 e. The fourth-order valence-corrected chi connectivity index (χ4v) is 3.32. The van der Waals surface area contributed by atoms with Gasteiger partial charge in [0.15, 0.2) is 5.69 Å². The summed E-state index contributed by atoms with van der Waals surface area (Å²) in [5.41, 5.74) is 2.32. The number of carbonyl (C=O) groups is 1. The second-order valence-electron chi connectivity index (χ2n) is 5.44. The zero-order valence-corrected chi connectivity index (χ0v) is 14.1. The molecule has 3 aromatic rings. The van der Waals surface area contributed by atoms with Gasteiger partial charge in [0, 0.05) is 23.2 Å². The quantitative estimate of drug-likeness (QED) is 0.781. The molecule has 0 aliphatic heterocycles. The molecule has 3 aromatic heterocycles. The molecule has 0 radical (unpaired) electrons.